The second-order valence-corrected chi connectivity index (χ2v) is 14.2. The Morgan fingerprint density at radius 1 is 0.947 bits per heavy atom. The molecule has 2 heterocycles. The number of benzene rings is 3. The Morgan fingerprint density at radius 2 is 1.63 bits per heavy atom. The van der Waals surface area contributed by atoms with E-state index in [0.29, 0.717) is 30.9 Å². The van der Waals surface area contributed by atoms with Gasteiger partial charge in [-0.3, -0.25) is 4.79 Å². The van der Waals surface area contributed by atoms with Crippen LogP contribution in [-0.2, 0) is 39.4 Å². The molecule has 0 saturated heterocycles. The molecule has 38 heavy (non-hydrogen) atoms. The molecule has 4 aromatic rings. The number of rotatable bonds is 6. The average Bonchev–Trinajstić information content (AvgIpc) is 3.24. The molecule has 8 nitrogen and oxygen atoms in total. The molecule has 0 N–H and O–H groups in total. The lowest BCUT2D eigenvalue weighted by Crippen LogP contribution is -2.35. The zero-order chi connectivity index (χ0) is 27.1. The van der Waals surface area contributed by atoms with Crippen LogP contribution in [0.25, 0.3) is 10.2 Å². The number of sulfone groups is 1. The summed E-state index contributed by atoms with van der Waals surface area (Å²) in [5.41, 5.74) is 3.24. The Bertz CT molecular complexity index is 1820. The number of carbonyl (C=O) groups excluding carboxylic acids is 1. The first kappa shape index (κ1) is 26.5. The molecule has 1 aliphatic rings. The van der Waals surface area contributed by atoms with Gasteiger partial charge in [-0.1, -0.05) is 42.5 Å². The smallest absolute Gasteiger partial charge is 0.279 e. The molecular weight excluding hydrogens is 543 g/mol. The van der Waals surface area contributed by atoms with Gasteiger partial charge in [-0.05, 0) is 66.4 Å². The highest BCUT2D eigenvalue weighted by atomic mass is 32.2. The quantitative estimate of drug-likeness (QED) is 0.349. The minimum atomic E-state index is -3.71. The summed E-state index contributed by atoms with van der Waals surface area (Å²) in [6.07, 6.45) is 2.61. The van der Waals surface area contributed by atoms with Crippen LogP contribution in [0.4, 0.5) is 0 Å². The lowest BCUT2D eigenvalue weighted by molar-refractivity contribution is 0.0997. The molecule has 11 heteroatoms. The SMILES string of the molecule is CCCn1c(=NC(=O)c2ccc(S(=O)(=O)N3CCc4ccccc4C3)cc2)sc2cc(S(C)(=O)=O)ccc21. The molecule has 0 unspecified atom stereocenters. The van der Waals surface area contributed by atoms with Gasteiger partial charge in [0.05, 0.1) is 20.0 Å². The molecule has 3 aromatic carbocycles. The number of aryl methyl sites for hydroxylation is 1. The van der Waals surface area contributed by atoms with Gasteiger partial charge in [-0.25, -0.2) is 16.8 Å². The molecule has 0 bridgehead atoms. The summed E-state index contributed by atoms with van der Waals surface area (Å²) in [5, 5.41) is 0. The van der Waals surface area contributed by atoms with Gasteiger partial charge in [-0.2, -0.15) is 9.30 Å². The molecule has 198 valence electrons. The normalized spacial score (nSPS) is 15.1. The second kappa shape index (κ2) is 10.2. The van der Waals surface area contributed by atoms with Crippen LogP contribution < -0.4 is 4.80 Å². The molecule has 1 aliphatic heterocycles. The first-order chi connectivity index (χ1) is 18.1. The van der Waals surface area contributed by atoms with Crippen LogP contribution >= 0.6 is 11.3 Å². The topological polar surface area (TPSA) is 106 Å². The lowest BCUT2D eigenvalue weighted by atomic mass is 10.0. The zero-order valence-corrected chi connectivity index (χ0v) is 23.4. The average molecular weight is 570 g/mol. The maximum Gasteiger partial charge on any atom is 0.279 e. The number of hydrogen-bond acceptors (Lipinski definition) is 6. The molecule has 1 aromatic heterocycles. The van der Waals surface area contributed by atoms with E-state index in [1.807, 2.05) is 35.8 Å². The molecule has 0 fully saturated rings. The fourth-order valence-corrected chi connectivity index (χ4v) is 7.79. The van der Waals surface area contributed by atoms with E-state index in [0.717, 1.165) is 34.0 Å². The van der Waals surface area contributed by atoms with Gasteiger partial charge in [0.2, 0.25) is 10.0 Å². The van der Waals surface area contributed by atoms with Gasteiger partial charge in [-0.15, -0.1) is 0 Å². The van der Waals surface area contributed by atoms with E-state index in [9.17, 15) is 21.6 Å². The van der Waals surface area contributed by atoms with Gasteiger partial charge in [0.1, 0.15) is 0 Å². The van der Waals surface area contributed by atoms with Crippen molar-refractivity contribution in [3.05, 3.63) is 88.2 Å². The van der Waals surface area contributed by atoms with E-state index in [1.54, 1.807) is 18.2 Å². The van der Waals surface area contributed by atoms with Crippen molar-refractivity contribution in [3.8, 4) is 0 Å². The van der Waals surface area contributed by atoms with Gasteiger partial charge in [0.25, 0.3) is 5.91 Å². The predicted molar refractivity (Wildman–Crippen MR) is 147 cm³/mol. The Morgan fingerprint density at radius 3 is 2.32 bits per heavy atom. The summed E-state index contributed by atoms with van der Waals surface area (Å²) in [4.78, 5) is 18.2. The summed E-state index contributed by atoms with van der Waals surface area (Å²) in [6.45, 7) is 3.34. The summed E-state index contributed by atoms with van der Waals surface area (Å²) in [6, 6.07) is 18.6. The van der Waals surface area contributed by atoms with E-state index in [4.69, 9.17) is 0 Å². The third kappa shape index (κ3) is 5.11. The van der Waals surface area contributed by atoms with Crippen LogP contribution in [-0.4, -0.2) is 44.4 Å². The second-order valence-electron chi connectivity index (χ2n) is 9.24. The highest BCUT2D eigenvalue weighted by Crippen LogP contribution is 2.26. The van der Waals surface area contributed by atoms with Crippen LogP contribution in [0.5, 0.6) is 0 Å². The molecule has 0 spiro atoms. The maximum atomic E-state index is 13.3. The summed E-state index contributed by atoms with van der Waals surface area (Å²) >= 11 is 1.25. The Labute approximate surface area is 225 Å². The molecule has 5 rings (SSSR count). The fourth-order valence-electron chi connectivity index (χ4n) is 4.55. The van der Waals surface area contributed by atoms with E-state index in [1.165, 1.54) is 39.9 Å². The van der Waals surface area contributed by atoms with Crippen molar-refractivity contribution in [1.82, 2.24) is 8.87 Å². The number of carbonyl (C=O) groups is 1. The van der Waals surface area contributed by atoms with E-state index < -0.39 is 25.8 Å². The van der Waals surface area contributed by atoms with Gasteiger partial charge in [0, 0.05) is 31.5 Å². The lowest BCUT2D eigenvalue weighted by Gasteiger charge is -2.28. The Balaban J connectivity index is 1.44. The van der Waals surface area contributed by atoms with E-state index >= 15 is 0 Å². The van der Waals surface area contributed by atoms with Gasteiger partial charge >= 0.3 is 0 Å². The largest absolute Gasteiger partial charge is 0.316 e. The zero-order valence-electron chi connectivity index (χ0n) is 21.0. The molecule has 1 amide bonds. The number of aromatic nitrogens is 1. The molecule has 0 aliphatic carbocycles. The highest BCUT2D eigenvalue weighted by Gasteiger charge is 2.28. The van der Waals surface area contributed by atoms with Crippen molar-refractivity contribution >= 4 is 47.3 Å². The first-order valence-electron chi connectivity index (χ1n) is 12.2. The van der Waals surface area contributed by atoms with Crippen molar-refractivity contribution in [1.29, 1.82) is 0 Å². The number of thiazole rings is 1. The molecule has 0 radical (unpaired) electrons. The third-order valence-corrected chi connectivity index (χ3v) is 10.6. The first-order valence-corrected chi connectivity index (χ1v) is 16.3. The monoisotopic (exact) mass is 569 g/mol. The number of hydrogen-bond donors (Lipinski definition) is 0. The summed E-state index contributed by atoms with van der Waals surface area (Å²) < 4.78 is 54.6. The van der Waals surface area contributed by atoms with Crippen LogP contribution in [0.2, 0.25) is 0 Å². The third-order valence-electron chi connectivity index (χ3n) is 6.56. The number of nitrogens with zero attached hydrogens (tertiary/aromatic N) is 3. The predicted octanol–water partition coefficient (Wildman–Crippen LogP) is 4.00. The maximum absolute atomic E-state index is 13.3. The minimum absolute atomic E-state index is 0.129. The minimum Gasteiger partial charge on any atom is -0.316 e. The van der Waals surface area contributed by atoms with Crippen molar-refractivity contribution in [3.63, 3.8) is 0 Å². The van der Waals surface area contributed by atoms with Crippen LogP contribution in [0.15, 0.2) is 81.5 Å². The number of sulfonamides is 1. The van der Waals surface area contributed by atoms with E-state index in [2.05, 4.69) is 4.99 Å². The standard InChI is InChI=1S/C27H27N3O5S3/c1-3-15-30-24-13-12-23(37(2,32)33)17-25(24)36-27(30)28-26(31)20-8-10-22(11-9-20)38(34,35)29-16-14-19-6-4-5-7-21(19)18-29/h4-13,17H,3,14-16,18H2,1-2H3. The van der Waals surface area contributed by atoms with Crippen molar-refractivity contribution in [2.75, 3.05) is 12.8 Å². The van der Waals surface area contributed by atoms with Gasteiger partial charge in [0.15, 0.2) is 14.6 Å². The highest BCUT2D eigenvalue weighted by molar-refractivity contribution is 7.90. The number of amides is 1. The molecular formula is C27H27N3O5S3. The van der Waals surface area contributed by atoms with Crippen LogP contribution in [0.1, 0.15) is 34.8 Å². The Kier molecular flexibility index (Phi) is 7.12. The van der Waals surface area contributed by atoms with Crippen molar-refractivity contribution in [2.24, 2.45) is 4.99 Å². The van der Waals surface area contributed by atoms with Gasteiger partial charge < -0.3 is 4.57 Å². The Hall–Kier alpha value is -3.12. The number of fused-ring (bicyclic) bond motifs is 2. The van der Waals surface area contributed by atoms with Crippen molar-refractivity contribution < 1.29 is 21.6 Å². The van der Waals surface area contributed by atoms with Crippen LogP contribution in [0, 0.1) is 0 Å². The van der Waals surface area contributed by atoms with Crippen LogP contribution in [0.3, 0.4) is 0 Å². The van der Waals surface area contributed by atoms with E-state index in [-0.39, 0.29) is 15.4 Å². The molecule has 0 atom stereocenters. The summed E-state index contributed by atoms with van der Waals surface area (Å²) in [7, 11) is -7.08. The summed E-state index contributed by atoms with van der Waals surface area (Å²) in [5.74, 6) is -0.499. The van der Waals surface area contributed by atoms with Crippen molar-refractivity contribution in [2.45, 2.75) is 42.6 Å². The molecule has 0 saturated carbocycles. The fraction of sp³-hybridized carbons (Fsp3) is 0.259.